The first kappa shape index (κ1) is 23.9. The summed E-state index contributed by atoms with van der Waals surface area (Å²) in [5, 5.41) is 0. The number of hydrogen-bond acceptors (Lipinski definition) is 4. The van der Waals surface area contributed by atoms with Gasteiger partial charge >= 0.3 is 11.9 Å². The summed E-state index contributed by atoms with van der Waals surface area (Å²) in [4.78, 5) is 19.9. The number of aliphatic imine (C=N–C) groups is 1. The lowest BCUT2D eigenvalue weighted by Gasteiger charge is -2.43. The van der Waals surface area contributed by atoms with E-state index in [4.69, 9.17) is 9.73 Å². The molecule has 0 unspecified atom stereocenters. The number of imidazole rings is 1. The molecule has 0 radical (unpaired) electrons. The molecule has 1 saturated heterocycles. The molecule has 0 saturated carbocycles. The minimum absolute atomic E-state index is 0.175. The van der Waals surface area contributed by atoms with E-state index < -0.39 is 17.4 Å². The smallest absolute Gasteiger partial charge is 0.379 e. The second-order valence-corrected chi connectivity index (χ2v) is 10.2. The highest BCUT2D eigenvalue weighted by Gasteiger charge is 2.42. The Balaban J connectivity index is 1.56. The number of halogens is 4. The number of amidine groups is 1. The Labute approximate surface area is 208 Å². The van der Waals surface area contributed by atoms with Crippen LogP contribution in [-0.4, -0.2) is 46.5 Å². The molecule has 0 amide bonds. The third kappa shape index (κ3) is 4.33. The van der Waals surface area contributed by atoms with Gasteiger partial charge in [-0.2, -0.15) is 13.2 Å². The van der Waals surface area contributed by atoms with Crippen LogP contribution in [0.3, 0.4) is 0 Å². The molecule has 2 aromatic heterocycles. The highest BCUT2D eigenvalue weighted by molar-refractivity contribution is 9.10. The molecule has 2 aliphatic rings. The topological polar surface area (TPSA) is 51.2 Å². The summed E-state index contributed by atoms with van der Waals surface area (Å²) in [5.74, 6) is 0.960. The molecule has 35 heavy (non-hydrogen) atoms. The van der Waals surface area contributed by atoms with Crippen molar-refractivity contribution in [3.05, 3.63) is 80.6 Å². The van der Waals surface area contributed by atoms with Crippen molar-refractivity contribution < 1.29 is 17.9 Å². The minimum Gasteiger partial charge on any atom is -0.379 e. The zero-order chi connectivity index (χ0) is 25.0. The highest BCUT2D eigenvalue weighted by atomic mass is 79.9. The van der Waals surface area contributed by atoms with E-state index in [-0.39, 0.29) is 15.4 Å². The lowest BCUT2D eigenvalue weighted by molar-refractivity contribution is -0.136. The maximum atomic E-state index is 13.6. The zero-order valence-electron chi connectivity index (χ0n) is 19.3. The Morgan fingerprint density at radius 1 is 1.20 bits per heavy atom. The first-order chi connectivity index (χ1) is 16.6. The van der Waals surface area contributed by atoms with Gasteiger partial charge < -0.3 is 9.64 Å². The van der Waals surface area contributed by atoms with E-state index in [1.807, 2.05) is 30.1 Å². The molecule has 184 valence electrons. The van der Waals surface area contributed by atoms with E-state index in [2.05, 4.69) is 29.1 Å². The van der Waals surface area contributed by atoms with Crippen LogP contribution < -0.4 is 5.69 Å². The molecule has 0 bridgehead atoms. The summed E-state index contributed by atoms with van der Waals surface area (Å²) < 4.78 is 49.0. The van der Waals surface area contributed by atoms with Crippen molar-refractivity contribution in [2.75, 3.05) is 26.8 Å². The molecule has 6 nitrogen and oxygen atoms in total. The van der Waals surface area contributed by atoms with E-state index in [1.165, 1.54) is 22.5 Å². The van der Waals surface area contributed by atoms with Crippen LogP contribution in [0.5, 0.6) is 0 Å². The quantitative estimate of drug-likeness (QED) is 0.452. The standard InChI is InChI=1S/C25H24BrF3N4O2/c1-16-6-7-30-22(31(2)11-16)10-24(14-35-15-24)17-4-3-5-19(8-17)32-13-21-20(25(27,28)29)9-18(26)12-33(21)23(32)34/h3-5,8-9,11-13H,6-7,10,14-15H2,1-2H3. The molecule has 1 aromatic carbocycles. The number of alkyl halides is 3. The molecule has 4 heterocycles. The van der Waals surface area contributed by atoms with Crippen LogP contribution in [0.25, 0.3) is 11.2 Å². The van der Waals surface area contributed by atoms with Crippen LogP contribution in [0.4, 0.5) is 13.2 Å². The molecule has 0 aliphatic carbocycles. The van der Waals surface area contributed by atoms with Gasteiger partial charge in [-0.1, -0.05) is 17.7 Å². The molecule has 0 atom stereocenters. The summed E-state index contributed by atoms with van der Waals surface area (Å²) in [6.45, 7) is 3.82. The van der Waals surface area contributed by atoms with Crippen molar-refractivity contribution in [2.45, 2.75) is 31.4 Å². The Bertz CT molecular complexity index is 1420. The summed E-state index contributed by atoms with van der Waals surface area (Å²) in [5.41, 5.74) is 0.752. The van der Waals surface area contributed by atoms with E-state index in [1.54, 1.807) is 6.07 Å². The number of aromatic nitrogens is 2. The summed E-state index contributed by atoms with van der Waals surface area (Å²) in [6, 6.07) is 8.37. The fraction of sp³-hybridized carbons (Fsp3) is 0.360. The van der Waals surface area contributed by atoms with Gasteiger partial charge in [-0.25, -0.2) is 4.79 Å². The van der Waals surface area contributed by atoms with Gasteiger partial charge in [0.25, 0.3) is 0 Å². The van der Waals surface area contributed by atoms with Gasteiger partial charge in [-0.05, 0) is 53.0 Å². The number of rotatable bonds is 4. The Morgan fingerprint density at radius 2 is 1.97 bits per heavy atom. The third-order valence-electron chi connectivity index (χ3n) is 6.65. The number of ether oxygens (including phenoxy) is 1. The zero-order valence-corrected chi connectivity index (χ0v) is 20.9. The predicted molar refractivity (Wildman–Crippen MR) is 131 cm³/mol. The van der Waals surface area contributed by atoms with Crippen LogP contribution in [0, 0.1) is 0 Å². The summed E-state index contributed by atoms with van der Waals surface area (Å²) in [7, 11) is 1.99. The van der Waals surface area contributed by atoms with Crippen LogP contribution >= 0.6 is 15.9 Å². The van der Waals surface area contributed by atoms with Gasteiger partial charge in [-0.15, -0.1) is 0 Å². The van der Waals surface area contributed by atoms with Crippen LogP contribution in [0.15, 0.2) is 68.8 Å². The van der Waals surface area contributed by atoms with Gasteiger partial charge in [0.15, 0.2) is 0 Å². The van der Waals surface area contributed by atoms with E-state index in [9.17, 15) is 18.0 Å². The van der Waals surface area contributed by atoms with Gasteiger partial charge in [-0.3, -0.25) is 14.0 Å². The first-order valence-corrected chi connectivity index (χ1v) is 12.0. The van der Waals surface area contributed by atoms with E-state index in [0.717, 1.165) is 34.8 Å². The number of fused-ring (bicyclic) bond motifs is 1. The van der Waals surface area contributed by atoms with Gasteiger partial charge in [0.2, 0.25) is 0 Å². The molecule has 5 rings (SSSR count). The number of benzene rings is 1. The summed E-state index contributed by atoms with van der Waals surface area (Å²) in [6.07, 6.45) is 1.67. The van der Waals surface area contributed by atoms with Crippen molar-refractivity contribution in [3.8, 4) is 5.69 Å². The van der Waals surface area contributed by atoms with Crippen molar-refractivity contribution >= 4 is 27.3 Å². The number of nitrogens with zero attached hydrogens (tertiary/aromatic N) is 4. The Kier molecular flexibility index (Phi) is 5.91. The van der Waals surface area contributed by atoms with Crippen LogP contribution in [0.1, 0.15) is 30.9 Å². The Hall–Kier alpha value is -2.85. The average Bonchev–Trinajstić information content (AvgIpc) is 3.00. The fourth-order valence-corrected chi connectivity index (χ4v) is 5.13. The Morgan fingerprint density at radius 3 is 2.66 bits per heavy atom. The molecule has 0 spiro atoms. The largest absolute Gasteiger partial charge is 0.418 e. The van der Waals surface area contributed by atoms with Crippen LogP contribution in [-0.2, 0) is 16.3 Å². The number of pyridine rings is 1. The molecular formula is C25H24BrF3N4O2. The normalized spacial score (nSPS) is 18.2. The third-order valence-corrected chi connectivity index (χ3v) is 7.08. The first-order valence-electron chi connectivity index (χ1n) is 11.2. The van der Waals surface area contributed by atoms with Gasteiger partial charge in [0.05, 0.1) is 30.0 Å². The second-order valence-electron chi connectivity index (χ2n) is 9.24. The van der Waals surface area contributed by atoms with Crippen molar-refractivity contribution in [2.24, 2.45) is 4.99 Å². The second kappa shape index (κ2) is 8.67. The predicted octanol–water partition coefficient (Wildman–Crippen LogP) is 5.17. The molecular weight excluding hydrogens is 525 g/mol. The van der Waals surface area contributed by atoms with Crippen molar-refractivity contribution in [1.82, 2.24) is 13.9 Å². The average molecular weight is 549 g/mol. The molecule has 2 aliphatic heterocycles. The lowest BCUT2D eigenvalue weighted by atomic mass is 9.75. The monoisotopic (exact) mass is 548 g/mol. The van der Waals surface area contributed by atoms with Crippen LogP contribution in [0.2, 0.25) is 0 Å². The van der Waals surface area contributed by atoms with E-state index in [0.29, 0.717) is 25.3 Å². The maximum Gasteiger partial charge on any atom is 0.418 e. The molecule has 0 N–H and O–H groups in total. The summed E-state index contributed by atoms with van der Waals surface area (Å²) >= 11 is 3.09. The van der Waals surface area contributed by atoms with Gasteiger partial charge in [0, 0.05) is 48.5 Å². The minimum atomic E-state index is -4.60. The molecule has 10 heteroatoms. The fourth-order valence-electron chi connectivity index (χ4n) is 4.70. The lowest BCUT2D eigenvalue weighted by Crippen LogP contribution is -2.49. The van der Waals surface area contributed by atoms with E-state index >= 15 is 0 Å². The van der Waals surface area contributed by atoms with Gasteiger partial charge in [0.1, 0.15) is 5.84 Å². The molecule has 3 aromatic rings. The van der Waals surface area contributed by atoms with Crippen molar-refractivity contribution in [3.63, 3.8) is 0 Å². The number of hydrogen-bond donors (Lipinski definition) is 0. The molecule has 1 fully saturated rings. The SMILES string of the molecule is CC1=CN(C)C(CC2(c3cccc(-n4cc5c(C(F)(F)F)cc(Br)cn5c4=O)c3)COC2)=NCC1. The highest BCUT2D eigenvalue weighted by Crippen LogP contribution is 2.38. The van der Waals surface area contributed by atoms with Crippen molar-refractivity contribution in [1.29, 1.82) is 0 Å². The maximum absolute atomic E-state index is 13.6.